The summed E-state index contributed by atoms with van der Waals surface area (Å²) >= 11 is 0. The molecule has 0 spiro atoms. The summed E-state index contributed by atoms with van der Waals surface area (Å²) in [4.78, 5) is 27.8. The third-order valence-corrected chi connectivity index (χ3v) is 7.52. The normalized spacial score (nSPS) is 15.9. The number of amides is 1. The lowest BCUT2D eigenvalue weighted by atomic mass is 10.1. The van der Waals surface area contributed by atoms with E-state index in [9.17, 15) is 18.0 Å². The van der Waals surface area contributed by atoms with Gasteiger partial charge in [0.25, 0.3) is 5.91 Å². The highest BCUT2D eigenvalue weighted by atomic mass is 32.2. The molecule has 1 N–H and O–H groups in total. The molecule has 0 unspecified atom stereocenters. The van der Waals surface area contributed by atoms with Crippen LogP contribution in [0.4, 0.5) is 11.4 Å². The van der Waals surface area contributed by atoms with E-state index in [2.05, 4.69) is 5.32 Å². The first-order chi connectivity index (χ1) is 16.2. The Kier molecular flexibility index (Phi) is 6.67. The van der Waals surface area contributed by atoms with Gasteiger partial charge in [0.15, 0.2) is 17.6 Å². The van der Waals surface area contributed by atoms with E-state index in [1.165, 1.54) is 33.2 Å². The van der Waals surface area contributed by atoms with Gasteiger partial charge in [-0.15, -0.1) is 0 Å². The Morgan fingerprint density at radius 3 is 2.47 bits per heavy atom. The minimum Gasteiger partial charge on any atom is -0.454 e. The Bertz CT molecular complexity index is 1210. The third-order valence-electron chi connectivity index (χ3n) is 5.71. The number of nitrogens with one attached hydrogen (secondary N) is 1. The number of hydrogen-bond acceptors (Lipinski definition) is 8. The molecule has 11 heteroatoms. The zero-order valence-electron chi connectivity index (χ0n) is 19.2. The maximum atomic E-state index is 13.1. The number of carbonyl (C=O) groups excluding carboxylic acids is 2. The van der Waals surface area contributed by atoms with Gasteiger partial charge in [0.05, 0.1) is 16.1 Å². The lowest BCUT2D eigenvalue weighted by Crippen LogP contribution is -2.31. The number of rotatable bonds is 7. The molecule has 10 nitrogen and oxygen atoms in total. The molecule has 0 bridgehead atoms. The first-order valence-corrected chi connectivity index (χ1v) is 12.3. The van der Waals surface area contributed by atoms with Crippen LogP contribution in [-0.2, 0) is 19.6 Å². The Morgan fingerprint density at radius 2 is 1.76 bits per heavy atom. The summed E-state index contributed by atoms with van der Waals surface area (Å²) in [6.45, 7) is 3.07. The number of nitrogens with zero attached hydrogens (tertiary/aromatic N) is 2. The first-order valence-electron chi connectivity index (χ1n) is 10.9. The molecule has 4 rings (SSSR count). The van der Waals surface area contributed by atoms with Gasteiger partial charge in [-0.3, -0.25) is 4.79 Å². The summed E-state index contributed by atoms with van der Waals surface area (Å²) in [5, 5.41) is 2.68. The summed E-state index contributed by atoms with van der Waals surface area (Å²) < 4.78 is 42.3. The van der Waals surface area contributed by atoms with E-state index in [0.717, 1.165) is 30.2 Å². The van der Waals surface area contributed by atoms with Crippen LogP contribution in [0.3, 0.4) is 0 Å². The number of hydrogen-bond donors (Lipinski definition) is 1. The van der Waals surface area contributed by atoms with Gasteiger partial charge in [-0.05, 0) is 50.1 Å². The minimum atomic E-state index is -3.76. The molecule has 2 aromatic rings. The maximum absolute atomic E-state index is 13.1. The fourth-order valence-electron chi connectivity index (χ4n) is 3.78. The van der Waals surface area contributed by atoms with Crippen molar-refractivity contribution >= 4 is 33.3 Å². The van der Waals surface area contributed by atoms with Crippen LogP contribution in [-0.4, -0.2) is 64.7 Å². The van der Waals surface area contributed by atoms with E-state index in [-0.39, 0.29) is 17.3 Å². The van der Waals surface area contributed by atoms with E-state index in [1.54, 1.807) is 24.3 Å². The van der Waals surface area contributed by atoms with Gasteiger partial charge in [-0.25, -0.2) is 17.5 Å². The highest BCUT2D eigenvalue weighted by Gasteiger charge is 2.27. The van der Waals surface area contributed by atoms with Crippen molar-refractivity contribution in [3.8, 4) is 11.5 Å². The molecule has 0 aromatic heterocycles. The second-order valence-electron chi connectivity index (χ2n) is 8.27. The van der Waals surface area contributed by atoms with Crippen molar-refractivity contribution in [3.05, 3.63) is 42.0 Å². The molecule has 2 aliphatic heterocycles. The van der Waals surface area contributed by atoms with Gasteiger partial charge in [0, 0.05) is 38.9 Å². The minimum absolute atomic E-state index is 0.0233. The van der Waals surface area contributed by atoms with Gasteiger partial charge in [-0.2, -0.15) is 0 Å². The van der Waals surface area contributed by atoms with Crippen molar-refractivity contribution in [3.63, 3.8) is 0 Å². The van der Waals surface area contributed by atoms with Crippen LogP contribution in [0.2, 0.25) is 0 Å². The fraction of sp³-hybridized carbons (Fsp3) is 0.391. The quantitative estimate of drug-likeness (QED) is 0.590. The Hall–Kier alpha value is -3.31. The smallest absolute Gasteiger partial charge is 0.341 e. The number of sulfonamides is 1. The van der Waals surface area contributed by atoms with Crippen molar-refractivity contribution in [1.29, 1.82) is 0 Å². The Morgan fingerprint density at radius 1 is 1.06 bits per heavy atom. The Balaban J connectivity index is 1.54. The van der Waals surface area contributed by atoms with Crippen molar-refractivity contribution in [2.75, 3.05) is 44.2 Å². The number of carbonyl (C=O) groups is 2. The van der Waals surface area contributed by atoms with Crippen molar-refractivity contribution in [2.45, 2.75) is 30.8 Å². The topological polar surface area (TPSA) is 114 Å². The largest absolute Gasteiger partial charge is 0.454 e. The van der Waals surface area contributed by atoms with Crippen LogP contribution in [0.1, 0.15) is 30.1 Å². The van der Waals surface area contributed by atoms with Crippen LogP contribution >= 0.6 is 0 Å². The average Bonchev–Trinajstić information content (AvgIpc) is 3.50. The van der Waals surface area contributed by atoms with Gasteiger partial charge in [0.2, 0.25) is 16.8 Å². The molecule has 182 valence electrons. The predicted octanol–water partition coefficient (Wildman–Crippen LogP) is 2.45. The zero-order valence-corrected chi connectivity index (χ0v) is 20.1. The molecular formula is C23H27N3O7S. The van der Waals surface area contributed by atoms with E-state index in [0.29, 0.717) is 22.9 Å². The molecule has 0 radical (unpaired) electrons. The van der Waals surface area contributed by atoms with Gasteiger partial charge < -0.3 is 24.4 Å². The lowest BCUT2D eigenvalue weighted by Gasteiger charge is -2.23. The average molecular weight is 490 g/mol. The molecule has 0 aliphatic carbocycles. The van der Waals surface area contributed by atoms with Gasteiger partial charge >= 0.3 is 5.97 Å². The first kappa shape index (κ1) is 23.8. The molecule has 1 atom stereocenters. The van der Waals surface area contributed by atoms with Crippen molar-refractivity contribution < 1.29 is 32.2 Å². The number of benzene rings is 2. The zero-order chi connectivity index (χ0) is 24.5. The highest BCUT2D eigenvalue weighted by molar-refractivity contribution is 7.89. The molecule has 34 heavy (non-hydrogen) atoms. The van der Waals surface area contributed by atoms with Crippen LogP contribution in [0.25, 0.3) is 0 Å². The SMILES string of the molecule is C[C@@H](OC(=O)c1cc(S(=O)(=O)N(C)C)ccc1N1CCCC1)C(=O)Nc1ccc2c(c1)OCO2. The van der Waals surface area contributed by atoms with Crippen LogP contribution in [0, 0.1) is 0 Å². The van der Waals surface area contributed by atoms with Gasteiger partial charge in [-0.1, -0.05) is 0 Å². The lowest BCUT2D eigenvalue weighted by molar-refractivity contribution is -0.123. The highest BCUT2D eigenvalue weighted by Crippen LogP contribution is 2.34. The molecule has 2 aromatic carbocycles. The number of fused-ring (bicyclic) bond motifs is 1. The molecule has 2 heterocycles. The predicted molar refractivity (Wildman–Crippen MR) is 125 cm³/mol. The van der Waals surface area contributed by atoms with E-state index in [4.69, 9.17) is 14.2 Å². The summed E-state index contributed by atoms with van der Waals surface area (Å²) in [6, 6.07) is 9.36. The molecular weight excluding hydrogens is 462 g/mol. The molecule has 1 amide bonds. The monoisotopic (exact) mass is 489 g/mol. The second-order valence-corrected chi connectivity index (χ2v) is 10.4. The summed E-state index contributed by atoms with van der Waals surface area (Å²) in [7, 11) is -0.916. The number of ether oxygens (including phenoxy) is 3. The summed E-state index contributed by atoms with van der Waals surface area (Å²) in [5.41, 5.74) is 1.16. The molecule has 1 fully saturated rings. The van der Waals surface area contributed by atoms with Crippen molar-refractivity contribution in [2.24, 2.45) is 0 Å². The summed E-state index contributed by atoms with van der Waals surface area (Å²) in [6.07, 6.45) is 0.819. The van der Waals surface area contributed by atoms with Crippen LogP contribution in [0.5, 0.6) is 11.5 Å². The van der Waals surface area contributed by atoms with Gasteiger partial charge in [0.1, 0.15) is 0 Å². The number of esters is 1. The standard InChI is InChI=1S/C23H27N3O7S/c1-15(22(27)24-16-6-9-20-21(12-16)32-14-31-20)33-23(28)18-13-17(34(29,30)25(2)3)7-8-19(18)26-10-4-5-11-26/h6-9,12-13,15H,4-5,10-11,14H2,1-3H3,(H,24,27)/t15-/m1/s1. The molecule has 2 aliphatic rings. The van der Waals surface area contributed by atoms with E-state index < -0.39 is 28.0 Å². The van der Waals surface area contributed by atoms with E-state index in [1.807, 2.05) is 4.90 Å². The number of anilines is 2. The molecule has 0 saturated carbocycles. The third kappa shape index (κ3) is 4.80. The molecule has 1 saturated heterocycles. The van der Waals surface area contributed by atoms with Crippen molar-refractivity contribution in [1.82, 2.24) is 4.31 Å². The summed E-state index contributed by atoms with van der Waals surface area (Å²) in [5.74, 6) is -0.214. The van der Waals surface area contributed by atoms with Crippen LogP contribution < -0.4 is 19.7 Å². The van der Waals surface area contributed by atoms with Crippen LogP contribution in [0.15, 0.2) is 41.3 Å². The Labute approximate surface area is 198 Å². The second kappa shape index (κ2) is 9.51. The maximum Gasteiger partial charge on any atom is 0.341 e. The fourth-order valence-corrected chi connectivity index (χ4v) is 4.71. The van der Waals surface area contributed by atoms with E-state index >= 15 is 0 Å².